The summed E-state index contributed by atoms with van der Waals surface area (Å²) in [7, 11) is 0. The molecule has 0 radical (unpaired) electrons. The molecule has 1 fully saturated rings. The van der Waals surface area contributed by atoms with E-state index in [2.05, 4.69) is 24.1 Å². The summed E-state index contributed by atoms with van der Waals surface area (Å²) in [6.07, 6.45) is 1.75. The van der Waals surface area contributed by atoms with Gasteiger partial charge in [-0.15, -0.1) is 0 Å². The third-order valence-electron chi connectivity index (χ3n) is 3.86. The number of amides is 1. The van der Waals surface area contributed by atoms with Crippen molar-refractivity contribution in [3.8, 4) is 0 Å². The van der Waals surface area contributed by atoms with Crippen molar-refractivity contribution in [2.24, 2.45) is 5.41 Å². The Kier molecular flexibility index (Phi) is 5.14. The standard InChI is InChI=1S/C13H24N2O3/c1-4-15(5-2)9-10(3)14-11(16)13(12(17)18)7-6-8-13/h10H,4-9H2,1-3H3,(H,14,16)(H,17,18). The summed E-state index contributed by atoms with van der Waals surface area (Å²) in [5.74, 6) is -1.30. The van der Waals surface area contributed by atoms with Crippen LogP contribution in [-0.4, -0.2) is 47.6 Å². The van der Waals surface area contributed by atoms with Gasteiger partial charge in [-0.05, 0) is 32.9 Å². The maximum Gasteiger partial charge on any atom is 0.319 e. The van der Waals surface area contributed by atoms with Gasteiger partial charge < -0.3 is 15.3 Å². The molecule has 1 atom stereocenters. The second-order valence-electron chi connectivity index (χ2n) is 5.10. The Morgan fingerprint density at radius 2 is 1.89 bits per heavy atom. The van der Waals surface area contributed by atoms with Gasteiger partial charge in [0, 0.05) is 12.6 Å². The van der Waals surface area contributed by atoms with Crippen molar-refractivity contribution < 1.29 is 14.7 Å². The Bertz CT molecular complexity index is 309. The molecule has 5 nitrogen and oxygen atoms in total. The highest BCUT2D eigenvalue weighted by molar-refractivity contribution is 6.02. The molecule has 1 aliphatic rings. The molecule has 1 rings (SSSR count). The first-order chi connectivity index (χ1) is 8.46. The normalized spacial score (nSPS) is 19.1. The number of nitrogens with zero attached hydrogens (tertiary/aromatic N) is 1. The summed E-state index contributed by atoms with van der Waals surface area (Å²) < 4.78 is 0. The highest BCUT2D eigenvalue weighted by Crippen LogP contribution is 2.41. The summed E-state index contributed by atoms with van der Waals surface area (Å²) in [6.45, 7) is 8.69. The summed E-state index contributed by atoms with van der Waals surface area (Å²) >= 11 is 0. The van der Waals surface area contributed by atoms with Crippen molar-refractivity contribution in [2.75, 3.05) is 19.6 Å². The van der Waals surface area contributed by atoms with Crippen molar-refractivity contribution in [3.63, 3.8) is 0 Å². The van der Waals surface area contributed by atoms with Gasteiger partial charge in [0.25, 0.3) is 0 Å². The lowest BCUT2D eigenvalue weighted by Gasteiger charge is -2.37. The smallest absolute Gasteiger partial charge is 0.319 e. The molecule has 0 aromatic heterocycles. The lowest BCUT2D eigenvalue weighted by atomic mass is 9.68. The van der Waals surface area contributed by atoms with Crippen molar-refractivity contribution in [3.05, 3.63) is 0 Å². The Morgan fingerprint density at radius 1 is 1.33 bits per heavy atom. The van der Waals surface area contributed by atoms with Crippen LogP contribution in [0.4, 0.5) is 0 Å². The first-order valence-corrected chi connectivity index (χ1v) is 6.73. The molecule has 0 heterocycles. The quantitative estimate of drug-likeness (QED) is 0.669. The zero-order valence-electron chi connectivity index (χ0n) is 11.5. The van der Waals surface area contributed by atoms with Crippen LogP contribution in [0.3, 0.4) is 0 Å². The SMILES string of the molecule is CCN(CC)CC(C)NC(=O)C1(C(=O)O)CCC1. The van der Waals surface area contributed by atoms with Crippen LogP contribution in [-0.2, 0) is 9.59 Å². The number of aliphatic carboxylic acids is 1. The molecule has 0 aliphatic heterocycles. The highest BCUT2D eigenvalue weighted by atomic mass is 16.4. The second-order valence-corrected chi connectivity index (χ2v) is 5.10. The van der Waals surface area contributed by atoms with E-state index in [0.717, 1.165) is 26.1 Å². The number of carbonyl (C=O) groups is 2. The molecule has 5 heteroatoms. The van der Waals surface area contributed by atoms with E-state index in [4.69, 9.17) is 0 Å². The first-order valence-electron chi connectivity index (χ1n) is 6.73. The monoisotopic (exact) mass is 256 g/mol. The van der Waals surface area contributed by atoms with Crippen LogP contribution >= 0.6 is 0 Å². The summed E-state index contributed by atoms with van der Waals surface area (Å²) in [5, 5.41) is 12.0. The topological polar surface area (TPSA) is 69.6 Å². The molecule has 0 aromatic carbocycles. The maximum absolute atomic E-state index is 12.0. The van der Waals surface area contributed by atoms with E-state index in [1.807, 2.05) is 6.92 Å². The number of hydrogen-bond donors (Lipinski definition) is 2. The number of nitrogens with one attached hydrogen (secondary N) is 1. The minimum atomic E-state index is -1.16. The van der Waals surface area contributed by atoms with E-state index in [9.17, 15) is 14.7 Å². The molecule has 2 N–H and O–H groups in total. The third kappa shape index (κ3) is 3.02. The second kappa shape index (κ2) is 6.18. The lowest BCUT2D eigenvalue weighted by molar-refractivity contribution is -0.162. The number of likely N-dealkylation sites (N-methyl/N-ethyl adjacent to an activating group) is 1. The van der Waals surface area contributed by atoms with Gasteiger partial charge in [0.15, 0.2) is 0 Å². The summed E-state index contributed by atoms with van der Waals surface area (Å²) in [6, 6.07) is -0.0192. The zero-order chi connectivity index (χ0) is 13.8. The highest BCUT2D eigenvalue weighted by Gasteiger charge is 2.51. The average Bonchev–Trinajstić information content (AvgIpc) is 2.23. The third-order valence-corrected chi connectivity index (χ3v) is 3.86. The fourth-order valence-electron chi connectivity index (χ4n) is 2.35. The van der Waals surface area contributed by atoms with Crippen LogP contribution < -0.4 is 5.32 Å². The first kappa shape index (κ1) is 15.0. The minimum absolute atomic E-state index is 0.0192. The molecule has 1 unspecified atom stereocenters. The molecule has 1 amide bonds. The van der Waals surface area contributed by atoms with Gasteiger partial charge >= 0.3 is 5.97 Å². The Hall–Kier alpha value is -1.10. The molecule has 0 saturated heterocycles. The molecule has 0 bridgehead atoms. The van der Waals surface area contributed by atoms with Gasteiger partial charge in [-0.2, -0.15) is 0 Å². The van der Waals surface area contributed by atoms with Crippen LogP contribution in [0.15, 0.2) is 0 Å². The largest absolute Gasteiger partial charge is 0.480 e. The Morgan fingerprint density at radius 3 is 2.22 bits per heavy atom. The molecule has 104 valence electrons. The van der Waals surface area contributed by atoms with E-state index in [1.54, 1.807) is 0 Å². The van der Waals surface area contributed by atoms with Crippen LogP contribution in [0.5, 0.6) is 0 Å². The summed E-state index contributed by atoms with van der Waals surface area (Å²) in [4.78, 5) is 25.4. The molecule has 0 aromatic rings. The molecule has 1 aliphatic carbocycles. The van der Waals surface area contributed by atoms with Crippen molar-refractivity contribution in [1.82, 2.24) is 10.2 Å². The minimum Gasteiger partial charge on any atom is -0.480 e. The van der Waals surface area contributed by atoms with Crippen LogP contribution in [0.25, 0.3) is 0 Å². The lowest BCUT2D eigenvalue weighted by Crippen LogP contribution is -2.54. The molecule has 1 saturated carbocycles. The van der Waals surface area contributed by atoms with Crippen LogP contribution in [0.2, 0.25) is 0 Å². The molecule has 0 spiro atoms. The van der Waals surface area contributed by atoms with Gasteiger partial charge in [0.05, 0.1) is 0 Å². The van der Waals surface area contributed by atoms with Gasteiger partial charge in [0.2, 0.25) is 5.91 Å². The van der Waals surface area contributed by atoms with E-state index < -0.39 is 11.4 Å². The van der Waals surface area contributed by atoms with Gasteiger partial charge in [-0.3, -0.25) is 9.59 Å². The van der Waals surface area contributed by atoms with Gasteiger partial charge in [-0.25, -0.2) is 0 Å². The average molecular weight is 256 g/mol. The number of hydrogen-bond acceptors (Lipinski definition) is 3. The predicted molar refractivity (Wildman–Crippen MR) is 69.3 cm³/mol. The van der Waals surface area contributed by atoms with E-state index in [-0.39, 0.29) is 11.9 Å². The molecule has 18 heavy (non-hydrogen) atoms. The van der Waals surface area contributed by atoms with Crippen molar-refractivity contribution in [1.29, 1.82) is 0 Å². The zero-order valence-corrected chi connectivity index (χ0v) is 11.5. The number of rotatable bonds is 7. The predicted octanol–water partition coefficient (Wildman–Crippen LogP) is 1.09. The van der Waals surface area contributed by atoms with Crippen LogP contribution in [0, 0.1) is 5.41 Å². The van der Waals surface area contributed by atoms with Crippen molar-refractivity contribution in [2.45, 2.75) is 46.1 Å². The van der Waals surface area contributed by atoms with Crippen LogP contribution in [0.1, 0.15) is 40.0 Å². The number of carbonyl (C=O) groups excluding carboxylic acids is 1. The number of carboxylic acid groups (broad SMARTS) is 1. The number of carboxylic acids is 1. The Balaban J connectivity index is 2.51. The molecular formula is C13H24N2O3. The Labute approximate surface area is 109 Å². The van der Waals surface area contributed by atoms with Gasteiger partial charge in [0.1, 0.15) is 5.41 Å². The molecular weight excluding hydrogens is 232 g/mol. The maximum atomic E-state index is 12.0. The fourth-order valence-corrected chi connectivity index (χ4v) is 2.35. The summed E-state index contributed by atoms with van der Waals surface area (Å²) in [5.41, 5.74) is -1.16. The van der Waals surface area contributed by atoms with Gasteiger partial charge in [-0.1, -0.05) is 20.3 Å². The van der Waals surface area contributed by atoms with E-state index in [1.165, 1.54) is 0 Å². The van der Waals surface area contributed by atoms with E-state index >= 15 is 0 Å². The van der Waals surface area contributed by atoms with Crippen molar-refractivity contribution >= 4 is 11.9 Å². The van der Waals surface area contributed by atoms with E-state index in [0.29, 0.717) is 12.8 Å². The fraction of sp³-hybridized carbons (Fsp3) is 0.846.